The molecule has 0 atom stereocenters. The van der Waals surface area contributed by atoms with E-state index >= 15 is 0 Å². The van der Waals surface area contributed by atoms with E-state index in [1.807, 2.05) is 0 Å². The van der Waals surface area contributed by atoms with E-state index in [2.05, 4.69) is 6.58 Å². The van der Waals surface area contributed by atoms with Crippen molar-refractivity contribution >= 4 is 0 Å². The zero-order chi connectivity index (χ0) is 9.56. The fourth-order valence-corrected chi connectivity index (χ4v) is 0.705. The lowest BCUT2D eigenvalue weighted by molar-refractivity contribution is 0.616. The summed E-state index contributed by atoms with van der Waals surface area (Å²) in [4.78, 5) is 0. The summed E-state index contributed by atoms with van der Waals surface area (Å²) in [5, 5.41) is 0. The first-order chi connectivity index (χ1) is 5.67. The molecule has 0 aromatic carbocycles. The van der Waals surface area contributed by atoms with Crippen molar-refractivity contribution in [2.75, 3.05) is 0 Å². The first kappa shape index (κ1) is 10.8. The molecule has 0 aliphatic carbocycles. The smallest absolute Gasteiger partial charge is 0.132 e. The summed E-state index contributed by atoms with van der Waals surface area (Å²) < 4.78 is 25.7. The van der Waals surface area contributed by atoms with E-state index in [0.717, 1.165) is 6.08 Å². The molecule has 0 saturated carbocycles. The fourth-order valence-electron chi connectivity index (χ4n) is 0.705. The molecule has 2 heteroatoms. The van der Waals surface area contributed by atoms with Crippen LogP contribution in [0, 0.1) is 0 Å². The predicted molar refractivity (Wildman–Crippen MR) is 48.0 cm³/mol. The molecule has 0 aromatic heterocycles. The highest BCUT2D eigenvalue weighted by Gasteiger charge is 2.04. The molecule has 0 aliphatic heterocycles. The maximum absolute atomic E-state index is 12.9. The largest absolute Gasteiger partial charge is 0.207 e. The second-order valence-electron chi connectivity index (χ2n) is 2.10. The van der Waals surface area contributed by atoms with Gasteiger partial charge in [-0.1, -0.05) is 24.8 Å². The van der Waals surface area contributed by atoms with Crippen LogP contribution in [0.5, 0.6) is 0 Å². The Morgan fingerprint density at radius 3 is 2.17 bits per heavy atom. The molecular formula is C10H12F2. The van der Waals surface area contributed by atoms with Crippen LogP contribution in [-0.2, 0) is 0 Å². The molecule has 0 aromatic rings. The summed E-state index contributed by atoms with van der Waals surface area (Å²) in [6, 6.07) is 0. The van der Waals surface area contributed by atoms with Gasteiger partial charge in [0.25, 0.3) is 0 Å². The van der Waals surface area contributed by atoms with E-state index in [4.69, 9.17) is 0 Å². The molecule has 0 fully saturated rings. The summed E-state index contributed by atoms with van der Waals surface area (Å²) in [5.41, 5.74) is -0.0602. The zero-order valence-electron chi connectivity index (χ0n) is 7.27. The number of rotatable bonds is 3. The van der Waals surface area contributed by atoms with Crippen LogP contribution in [-0.4, -0.2) is 0 Å². The predicted octanol–water partition coefficient (Wildman–Crippen LogP) is 3.85. The molecule has 12 heavy (non-hydrogen) atoms. The Hall–Kier alpha value is -1.18. The molecular weight excluding hydrogens is 158 g/mol. The summed E-state index contributed by atoms with van der Waals surface area (Å²) in [5.74, 6) is -1.23. The van der Waals surface area contributed by atoms with E-state index < -0.39 is 11.7 Å². The van der Waals surface area contributed by atoms with E-state index in [1.54, 1.807) is 13.0 Å². The van der Waals surface area contributed by atoms with Crippen molar-refractivity contribution in [3.05, 3.63) is 48.1 Å². The maximum atomic E-state index is 12.9. The van der Waals surface area contributed by atoms with Crippen LogP contribution in [0.2, 0.25) is 0 Å². The fraction of sp³-hybridized carbons (Fsp3) is 0.200. The van der Waals surface area contributed by atoms with Gasteiger partial charge in [0.1, 0.15) is 11.7 Å². The minimum absolute atomic E-state index is 0.0602. The molecule has 0 rings (SSSR count). The Bertz CT molecular complexity index is 245. The summed E-state index contributed by atoms with van der Waals surface area (Å²) in [6.07, 6.45) is 5.13. The Kier molecular flexibility index (Phi) is 4.93. The van der Waals surface area contributed by atoms with Gasteiger partial charge in [0.15, 0.2) is 0 Å². The molecule has 0 N–H and O–H groups in total. The van der Waals surface area contributed by atoms with Gasteiger partial charge in [0.05, 0.1) is 0 Å². The van der Waals surface area contributed by atoms with E-state index in [0.29, 0.717) is 0 Å². The van der Waals surface area contributed by atoms with Crippen molar-refractivity contribution in [1.29, 1.82) is 0 Å². The quantitative estimate of drug-likeness (QED) is 0.564. The standard InChI is InChI=1S/C10H12F2/c1-4-7-8(9(11)5-2)10(12)6-3/h4-7H,2H2,1,3H3. The van der Waals surface area contributed by atoms with Crippen molar-refractivity contribution in [3.63, 3.8) is 0 Å². The lowest BCUT2D eigenvalue weighted by atomic mass is 10.2. The lowest BCUT2D eigenvalue weighted by Crippen LogP contribution is -1.82. The van der Waals surface area contributed by atoms with Crippen molar-refractivity contribution < 1.29 is 8.78 Å². The summed E-state index contributed by atoms with van der Waals surface area (Å²) in [7, 11) is 0. The third-order valence-electron chi connectivity index (χ3n) is 1.28. The minimum atomic E-state index is -0.649. The van der Waals surface area contributed by atoms with Crippen molar-refractivity contribution in [2.45, 2.75) is 13.8 Å². The average Bonchev–Trinajstić information content (AvgIpc) is 2.11. The number of allylic oxidation sites excluding steroid dienone is 7. The maximum Gasteiger partial charge on any atom is 0.132 e. The molecule has 0 amide bonds. The molecule has 0 unspecified atom stereocenters. The highest BCUT2D eigenvalue weighted by molar-refractivity contribution is 5.40. The Morgan fingerprint density at radius 1 is 1.25 bits per heavy atom. The van der Waals surface area contributed by atoms with Crippen LogP contribution >= 0.6 is 0 Å². The average molecular weight is 170 g/mol. The zero-order valence-corrected chi connectivity index (χ0v) is 7.27. The summed E-state index contributed by atoms with van der Waals surface area (Å²) >= 11 is 0. The molecule has 0 bridgehead atoms. The first-order valence-corrected chi connectivity index (χ1v) is 3.64. The van der Waals surface area contributed by atoms with Gasteiger partial charge in [0.2, 0.25) is 0 Å². The molecule has 0 nitrogen and oxygen atoms in total. The third kappa shape index (κ3) is 2.82. The van der Waals surface area contributed by atoms with Crippen LogP contribution < -0.4 is 0 Å². The van der Waals surface area contributed by atoms with Gasteiger partial charge in [-0.3, -0.25) is 0 Å². The monoisotopic (exact) mass is 170 g/mol. The third-order valence-corrected chi connectivity index (χ3v) is 1.28. The topological polar surface area (TPSA) is 0 Å². The van der Waals surface area contributed by atoms with Crippen LogP contribution in [0.1, 0.15) is 13.8 Å². The first-order valence-electron chi connectivity index (χ1n) is 3.64. The van der Waals surface area contributed by atoms with Crippen LogP contribution in [0.25, 0.3) is 0 Å². The molecule has 0 heterocycles. The molecule has 66 valence electrons. The highest BCUT2D eigenvalue weighted by Crippen LogP contribution is 2.19. The number of hydrogen-bond donors (Lipinski definition) is 0. The molecule has 0 radical (unpaired) electrons. The summed E-state index contributed by atoms with van der Waals surface area (Å²) in [6.45, 7) is 6.42. The van der Waals surface area contributed by atoms with Gasteiger partial charge in [-0.2, -0.15) is 0 Å². The minimum Gasteiger partial charge on any atom is -0.207 e. The normalized spacial score (nSPS) is 14.8. The van der Waals surface area contributed by atoms with E-state index in [9.17, 15) is 8.78 Å². The molecule has 0 aliphatic rings. The van der Waals surface area contributed by atoms with Gasteiger partial charge >= 0.3 is 0 Å². The molecule has 0 saturated heterocycles. The SMILES string of the molecule is C=CC(F)=C(C=CC)C(F)=CC. The highest BCUT2D eigenvalue weighted by atomic mass is 19.1. The van der Waals surface area contributed by atoms with Gasteiger partial charge < -0.3 is 0 Å². The van der Waals surface area contributed by atoms with Gasteiger partial charge in [-0.05, 0) is 19.9 Å². The Labute approximate surface area is 71.6 Å². The second-order valence-corrected chi connectivity index (χ2v) is 2.10. The van der Waals surface area contributed by atoms with E-state index in [1.165, 1.54) is 19.1 Å². The van der Waals surface area contributed by atoms with Crippen LogP contribution in [0.3, 0.4) is 0 Å². The van der Waals surface area contributed by atoms with Crippen LogP contribution in [0.4, 0.5) is 8.78 Å². The number of hydrogen-bond acceptors (Lipinski definition) is 0. The van der Waals surface area contributed by atoms with E-state index in [-0.39, 0.29) is 5.57 Å². The van der Waals surface area contributed by atoms with Crippen molar-refractivity contribution in [1.82, 2.24) is 0 Å². The number of halogens is 2. The van der Waals surface area contributed by atoms with Crippen molar-refractivity contribution in [3.8, 4) is 0 Å². The van der Waals surface area contributed by atoms with Crippen LogP contribution in [0.15, 0.2) is 48.1 Å². The van der Waals surface area contributed by atoms with Gasteiger partial charge in [-0.25, -0.2) is 8.78 Å². The lowest BCUT2D eigenvalue weighted by Gasteiger charge is -1.97. The Balaban J connectivity index is 5.04. The molecule has 0 spiro atoms. The van der Waals surface area contributed by atoms with Gasteiger partial charge in [-0.15, -0.1) is 0 Å². The van der Waals surface area contributed by atoms with Gasteiger partial charge in [0, 0.05) is 5.57 Å². The van der Waals surface area contributed by atoms with Crippen molar-refractivity contribution in [2.24, 2.45) is 0 Å². The second kappa shape index (κ2) is 5.47. The Morgan fingerprint density at radius 2 is 1.83 bits per heavy atom.